The van der Waals surface area contributed by atoms with E-state index in [1.165, 1.54) is 6.33 Å². The average Bonchev–Trinajstić information content (AvgIpc) is 3.17. The number of amides is 2. The normalized spacial score (nSPS) is 14.3. The number of carbonyl (C=O) groups is 2. The molecule has 34 heavy (non-hydrogen) atoms. The highest BCUT2D eigenvalue weighted by molar-refractivity contribution is 5.78. The highest BCUT2D eigenvalue weighted by Gasteiger charge is 2.22. The summed E-state index contributed by atoms with van der Waals surface area (Å²) in [6.45, 7) is 6.46. The van der Waals surface area contributed by atoms with Crippen LogP contribution in [0.1, 0.15) is 41.8 Å². The van der Waals surface area contributed by atoms with Gasteiger partial charge in [-0.25, -0.2) is 9.50 Å². The van der Waals surface area contributed by atoms with Gasteiger partial charge in [0, 0.05) is 50.4 Å². The van der Waals surface area contributed by atoms with Gasteiger partial charge in [0.2, 0.25) is 11.8 Å². The second kappa shape index (κ2) is 10.6. The van der Waals surface area contributed by atoms with E-state index < -0.39 is 0 Å². The van der Waals surface area contributed by atoms with Crippen LogP contribution in [-0.4, -0.2) is 74.5 Å². The number of fused-ring (bicyclic) bond motifs is 1. The molecule has 0 radical (unpaired) electrons. The Morgan fingerprint density at radius 1 is 0.941 bits per heavy atom. The van der Waals surface area contributed by atoms with E-state index in [4.69, 9.17) is 4.74 Å². The first-order valence-corrected chi connectivity index (χ1v) is 11.8. The molecule has 0 aliphatic carbocycles. The minimum Gasteiger partial charge on any atom is -0.497 e. The molecule has 1 aliphatic rings. The first-order valence-electron chi connectivity index (χ1n) is 11.8. The molecular weight excluding hydrogens is 432 g/mol. The number of hydrogen-bond donors (Lipinski definition) is 0. The van der Waals surface area contributed by atoms with Gasteiger partial charge in [-0.05, 0) is 56.4 Å². The molecule has 1 fully saturated rings. The van der Waals surface area contributed by atoms with Crippen molar-refractivity contribution in [2.24, 2.45) is 0 Å². The van der Waals surface area contributed by atoms with Gasteiger partial charge in [0.15, 0.2) is 0 Å². The molecule has 1 aromatic carbocycles. The molecule has 4 rings (SSSR count). The van der Waals surface area contributed by atoms with Crippen LogP contribution < -0.4 is 4.74 Å². The number of aromatic nitrogens is 4. The van der Waals surface area contributed by atoms with Crippen LogP contribution in [-0.2, 0) is 22.4 Å². The fraction of sp³-hybridized carbons (Fsp3) is 0.480. The molecule has 0 saturated carbocycles. The van der Waals surface area contributed by atoms with Crippen molar-refractivity contribution >= 4 is 17.6 Å². The maximum atomic E-state index is 13.0. The minimum absolute atomic E-state index is 0.116. The number of hydrogen-bond acceptors (Lipinski definition) is 6. The van der Waals surface area contributed by atoms with Crippen molar-refractivity contribution in [2.45, 2.75) is 46.0 Å². The number of benzene rings is 1. The van der Waals surface area contributed by atoms with Gasteiger partial charge in [-0.15, -0.1) is 0 Å². The zero-order valence-corrected chi connectivity index (χ0v) is 20.2. The van der Waals surface area contributed by atoms with Gasteiger partial charge < -0.3 is 14.5 Å². The molecule has 0 atom stereocenters. The number of rotatable bonds is 7. The Morgan fingerprint density at radius 2 is 1.59 bits per heavy atom. The molecule has 3 aromatic rings. The van der Waals surface area contributed by atoms with E-state index in [9.17, 15) is 9.59 Å². The van der Waals surface area contributed by atoms with Crippen LogP contribution in [0.2, 0.25) is 0 Å². The van der Waals surface area contributed by atoms with Gasteiger partial charge in [-0.3, -0.25) is 9.59 Å². The van der Waals surface area contributed by atoms with Gasteiger partial charge >= 0.3 is 0 Å². The van der Waals surface area contributed by atoms with Gasteiger partial charge in [0.25, 0.3) is 5.78 Å². The monoisotopic (exact) mass is 464 g/mol. The van der Waals surface area contributed by atoms with Gasteiger partial charge in [-0.1, -0.05) is 12.1 Å². The third kappa shape index (κ3) is 5.35. The first kappa shape index (κ1) is 23.7. The Labute approximate surface area is 199 Å². The molecule has 9 heteroatoms. The van der Waals surface area contributed by atoms with Crippen molar-refractivity contribution in [1.29, 1.82) is 0 Å². The molecule has 9 nitrogen and oxygen atoms in total. The highest BCUT2D eigenvalue weighted by Crippen LogP contribution is 2.17. The van der Waals surface area contributed by atoms with Crippen LogP contribution in [0.5, 0.6) is 5.75 Å². The molecule has 2 amide bonds. The van der Waals surface area contributed by atoms with Crippen LogP contribution in [0.15, 0.2) is 30.6 Å². The highest BCUT2D eigenvalue weighted by atomic mass is 16.5. The van der Waals surface area contributed by atoms with E-state index in [1.807, 2.05) is 47.9 Å². The number of methoxy groups -OCH3 is 1. The van der Waals surface area contributed by atoms with Crippen LogP contribution in [0.4, 0.5) is 0 Å². The largest absolute Gasteiger partial charge is 0.497 e. The van der Waals surface area contributed by atoms with Gasteiger partial charge in [-0.2, -0.15) is 10.1 Å². The second-order valence-electron chi connectivity index (χ2n) is 8.70. The summed E-state index contributed by atoms with van der Waals surface area (Å²) < 4.78 is 6.90. The molecule has 0 N–H and O–H groups in total. The van der Waals surface area contributed by atoms with Crippen LogP contribution in [0, 0.1) is 13.8 Å². The number of ether oxygens (including phenoxy) is 1. The number of carbonyl (C=O) groups excluding carboxylic acids is 2. The molecule has 180 valence electrons. The topological polar surface area (TPSA) is 92.9 Å². The van der Waals surface area contributed by atoms with E-state index in [0.717, 1.165) is 34.7 Å². The lowest BCUT2D eigenvalue weighted by Crippen LogP contribution is -2.37. The van der Waals surface area contributed by atoms with Crippen LogP contribution in [0.3, 0.4) is 0 Å². The first-order chi connectivity index (χ1) is 16.5. The zero-order chi connectivity index (χ0) is 24.1. The van der Waals surface area contributed by atoms with Gasteiger partial charge in [0.05, 0.1) is 7.11 Å². The van der Waals surface area contributed by atoms with Crippen molar-refractivity contribution in [3.8, 4) is 5.75 Å². The summed E-state index contributed by atoms with van der Waals surface area (Å²) in [5, 5.41) is 4.22. The maximum absolute atomic E-state index is 13.0. The Bertz CT molecular complexity index is 1160. The third-order valence-electron chi connectivity index (χ3n) is 6.57. The second-order valence-corrected chi connectivity index (χ2v) is 8.70. The number of aryl methyl sites for hydroxylation is 3. The molecule has 3 heterocycles. The number of nitrogens with zero attached hydrogens (tertiary/aromatic N) is 6. The van der Waals surface area contributed by atoms with E-state index in [-0.39, 0.29) is 11.8 Å². The average molecular weight is 465 g/mol. The van der Waals surface area contributed by atoms with E-state index in [0.29, 0.717) is 57.6 Å². The molecule has 0 unspecified atom stereocenters. The molecular formula is C25H32N6O3. The molecule has 0 bridgehead atoms. The Morgan fingerprint density at radius 3 is 2.24 bits per heavy atom. The lowest BCUT2D eigenvalue weighted by Gasteiger charge is -2.22. The maximum Gasteiger partial charge on any atom is 0.252 e. The lowest BCUT2D eigenvalue weighted by molar-refractivity contribution is -0.133. The van der Waals surface area contributed by atoms with Crippen molar-refractivity contribution in [3.05, 3.63) is 53.1 Å². The SMILES string of the molecule is COc1ccc(CCC(=O)N2CCCN(C(=O)CCc3c(C)nc4ncnn4c3C)CC2)cc1. The summed E-state index contributed by atoms with van der Waals surface area (Å²) >= 11 is 0. The standard InChI is InChI=1S/C25H32N6O3/c1-18-22(19(2)31-25(28-18)26-17-27-31)10-12-24(33)30-14-4-13-29(15-16-30)23(32)11-7-20-5-8-21(34-3)9-6-20/h5-6,8-9,17H,4,7,10-16H2,1-3H3. The summed E-state index contributed by atoms with van der Waals surface area (Å²) in [5.41, 5.74) is 4.01. The van der Waals surface area contributed by atoms with Gasteiger partial charge in [0.1, 0.15) is 12.1 Å². The zero-order valence-electron chi connectivity index (χ0n) is 20.2. The summed E-state index contributed by atoms with van der Waals surface area (Å²) in [5.74, 6) is 1.65. The van der Waals surface area contributed by atoms with Crippen LogP contribution in [0.25, 0.3) is 5.78 Å². The Hall–Kier alpha value is -3.49. The fourth-order valence-electron chi connectivity index (χ4n) is 4.53. The van der Waals surface area contributed by atoms with Crippen molar-refractivity contribution in [2.75, 3.05) is 33.3 Å². The fourth-order valence-corrected chi connectivity index (χ4v) is 4.53. The van der Waals surface area contributed by atoms with Crippen molar-refractivity contribution in [3.63, 3.8) is 0 Å². The van der Waals surface area contributed by atoms with E-state index >= 15 is 0 Å². The predicted octanol–water partition coefficient (Wildman–Crippen LogP) is 2.38. The van der Waals surface area contributed by atoms with E-state index in [2.05, 4.69) is 15.1 Å². The Balaban J connectivity index is 1.28. The molecule has 2 aromatic heterocycles. The summed E-state index contributed by atoms with van der Waals surface area (Å²) in [7, 11) is 1.64. The summed E-state index contributed by atoms with van der Waals surface area (Å²) in [6.07, 6.45) is 4.48. The third-order valence-corrected chi connectivity index (χ3v) is 6.57. The summed E-state index contributed by atoms with van der Waals surface area (Å²) in [6, 6.07) is 7.82. The quantitative estimate of drug-likeness (QED) is 0.533. The van der Waals surface area contributed by atoms with Crippen molar-refractivity contribution in [1.82, 2.24) is 29.4 Å². The minimum atomic E-state index is 0.116. The lowest BCUT2D eigenvalue weighted by atomic mass is 10.1. The summed E-state index contributed by atoms with van der Waals surface area (Å²) in [4.78, 5) is 38.2. The Kier molecular flexibility index (Phi) is 7.40. The molecule has 0 spiro atoms. The molecule has 1 aliphatic heterocycles. The predicted molar refractivity (Wildman–Crippen MR) is 128 cm³/mol. The van der Waals surface area contributed by atoms with E-state index in [1.54, 1.807) is 11.6 Å². The smallest absolute Gasteiger partial charge is 0.252 e. The van der Waals surface area contributed by atoms with Crippen molar-refractivity contribution < 1.29 is 14.3 Å². The molecule has 1 saturated heterocycles. The van der Waals surface area contributed by atoms with Crippen LogP contribution >= 0.6 is 0 Å².